The molecule has 1 N–H and O–H groups in total. The van der Waals surface area contributed by atoms with Gasteiger partial charge in [0.1, 0.15) is 11.5 Å². The number of aryl methyl sites for hydroxylation is 2. The first kappa shape index (κ1) is 16.3. The molecule has 4 nitrogen and oxygen atoms in total. The van der Waals surface area contributed by atoms with Crippen molar-refractivity contribution in [3.8, 4) is 0 Å². The van der Waals surface area contributed by atoms with Crippen molar-refractivity contribution < 1.29 is 9.21 Å². The highest BCUT2D eigenvalue weighted by atomic mass is 32.1. The van der Waals surface area contributed by atoms with Gasteiger partial charge in [-0.25, -0.2) is 0 Å². The van der Waals surface area contributed by atoms with E-state index in [9.17, 15) is 4.79 Å². The first-order valence-electron chi connectivity index (χ1n) is 8.15. The van der Waals surface area contributed by atoms with Crippen LogP contribution in [0.25, 0.3) is 0 Å². The zero-order chi connectivity index (χ0) is 16.4. The second-order valence-corrected chi connectivity index (χ2v) is 7.36. The van der Waals surface area contributed by atoms with Gasteiger partial charge in [0.15, 0.2) is 0 Å². The van der Waals surface area contributed by atoms with E-state index in [4.69, 9.17) is 4.42 Å². The average Bonchev–Trinajstić information content (AvgIpc) is 3.14. The first-order chi connectivity index (χ1) is 11.1. The van der Waals surface area contributed by atoms with Crippen LogP contribution in [-0.4, -0.2) is 30.9 Å². The van der Waals surface area contributed by atoms with Gasteiger partial charge in [-0.1, -0.05) is 6.07 Å². The number of rotatable bonds is 4. The Morgan fingerprint density at radius 2 is 2.30 bits per heavy atom. The molecule has 0 aliphatic carbocycles. The van der Waals surface area contributed by atoms with E-state index in [1.165, 1.54) is 11.3 Å². The predicted molar refractivity (Wildman–Crippen MR) is 92.9 cm³/mol. The number of piperidine rings is 1. The molecule has 0 radical (unpaired) electrons. The maximum atomic E-state index is 12.4. The predicted octanol–water partition coefficient (Wildman–Crippen LogP) is 3.77. The van der Waals surface area contributed by atoms with E-state index in [1.807, 2.05) is 19.9 Å². The van der Waals surface area contributed by atoms with Gasteiger partial charge in [-0.15, -0.1) is 11.3 Å². The Morgan fingerprint density at radius 1 is 1.48 bits per heavy atom. The van der Waals surface area contributed by atoms with Crippen molar-refractivity contribution in [3.05, 3.63) is 45.5 Å². The van der Waals surface area contributed by atoms with Crippen LogP contribution in [0.3, 0.4) is 0 Å². The molecule has 2 aromatic heterocycles. The topological polar surface area (TPSA) is 45.5 Å². The van der Waals surface area contributed by atoms with Crippen molar-refractivity contribution in [3.63, 3.8) is 0 Å². The van der Waals surface area contributed by atoms with Crippen LogP contribution in [0.4, 0.5) is 0 Å². The van der Waals surface area contributed by atoms with Gasteiger partial charge >= 0.3 is 0 Å². The lowest BCUT2D eigenvalue weighted by Crippen LogP contribution is -2.41. The third-order valence-corrected chi connectivity index (χ3v) is 5.60. The highest BCUT2D eigenvalue weighted by molar-refractivity contribution is 7.10. The Hall–Kier alpha value is -1.59. The quantitative estimate of drug-likeness (QED) is 0.927. The Kier molecular flexibility index (Phi) is 4.87. The molecule has 1 amide bonds. The van der Waals surface area contributed by atoms with Crippen LogP contribution < -0.4 is 5.32 Å². The normalized spacial score (nSPS) is 22.2. The molecule has 1 aliphatic heterocycles. The number of hydrogen-bond donors (Lipinski definition) is 1. The molecule has 0 unspecified atom stereocenters. The Labute approximate surface area is 141 Å². The largest absolute Gasteiger partial charge is 0.466 e. The van der Waals surface area contributed by atoms with Crippen LogP contribution in [-0.2, 0) is 0 Å². The van der Waals surface area contributed by atoms with Crippen LogP contribution in [0.1, 0.15) is 45.6 Å². The van der Waals surface area contributed by atoms with Crippen molar-refractivity contribution in [2.75, 3.05) is 20.1 Å². The fourth-order valence-electron chi connectivity index (χ4n) is 3.56. The summed E-state index contributed by atoms with van der Waals surface area (Å²) < 4.78 is 5.46. The SMILES string of the molecule is Cc1cc(C(=O)NC[C@@H]2CCCN(C)[C@H]2c2cccs2)c(C)o1. The second-order valence-electron chi connectivity index (χ2n) is 6.38. The standard InChI is InChI=1S/C18H24N2O2S/c1-12-10-15(13(2)22-12)18(21)19-11-14-6-4-8-20(3)17(14)16-7-5-9-23-16/h5,7,9-10,14,17H,4,6,8,11H2,1-3H3,(H,19,21)/t14-,17+/m0/s1. The molecule has 23 heavy (non-hydrogen) atoms. The van der Waals surface area contributed by atoms with E-state index < -0.39 is 0 Å². The molecule has 1 fully saturated rings. The summed E-state index contributed by atoms with van der Waals surface area (Å²) in [6.45, 7) is 5.53. The molecule has 2 atom stereocenters. The number of carbonyl (C=O) groups is 1. The third-order valence-electron chi connectivity index (χ3n) is 4.65. The van der Waals surface area contributed by atoms with Gasteiger partial charge in [-0.05, 0) is 63.7 Å². The fraction of sp³-hybridized carbons (Fsp3) is 0.500. The molecule has 0 spiro atoms. The number of hydrogen-bond acceptors (Lipinski definition) is 4. The lowest BCUT2D eigenvalue weighted by molar-refractivity contribution is 0.0894. The van der Waals surface area contributed by atoms with Gasteiger partial charge < -0.3 is 9.73 Å². The maximum Gasteiger partial charge on any atom is 0.254 e. The van der Waals surface area contributed by atoms with Crippen molar-refractivity contribution in [1.82, 2.24) is 10.2 Å². The zero-order valence-electron chi connectivity index (χ0n) is 14.0. The Balaban J connectivity index is 1.68. The zero-order valence-corrected chi connectivity index (χ0v) is 14.8. The highest BCUT2D eigenvalue weighted by Crippen LogP contribution is 2.36. The van der Waals surface area contributed by atoms with Gasteiger partial charge in [-0.2, -0.15) is 0 Å². The molecular formula is C18H24N2O2S. The van der Waals surface area contributed by atoms with E-state index in [1.54, 1.807) is 11.3 Å². The average molecular weight is 332 g/mol. The number of amides is 1. The number of likely N-dealkylation sites (tertiary alicyclic amines) is 1. The minimum atomic E-state index is -0.0301. The van der Waals surface area contributed by atoms with E-state index in [0.29, 0.717) is 29.8 Å². The fourth-order valence-corrected chi connectivity index (χ4v) is 4.54. The summed E-state index contributed by atoms with van der Waals surface area (Å²) in [6, 6.07) is 6.52. The molecule has 0 bridgehead atoms. The number of furan rings is 1. The van der Waals surface area contributed by atoms with Gasteiger partial charge in [0.2, 0.25) is 0 Å². The van der Waals surface area contributed by atoms with E-state index in [-0.39, 0.29) is 5.91 Å². The van der Waals surface area contributed by atoms with Crippen molar-refractivity contribution in [1.29, 1.82) is 0 Å². The minimum absolute atomic E-state index is 0.0301. The summed E-state index contributed by atoms with van der Waals surface area (Å²) in [5, 5.41) is 5.24. The van der Waals surface area contributed by atoms with Crippen molar-refractivity contribution in [2.45, 2.75) is 32.7 Å². The lowest BCUT2D eigenvalue weighted by atomic mass is 9.88. The summed E-state index contributed by atoms with van der Waals surface area (Å²) in [4.78, 5) is 16.2. The lowest BCUT2D eigenvalue weighted by Gasteiger charge is -2.38. The highest BCUT2D eigenvalue weighted by Gasteiger charge is 2.31. The maximum absolute atomic E-state index is 12.4. The molecule has 3 rings (SSSR count). The van der Waals surface area contributed by atoms with E-state index in [2.05, 4.69) is 34.8 Å². The number of carbonyl (C=O) groups excluding carboxylic acids is 1. The third kappa shape index (κ3) is 3.51. The van der Waals surface area contributed by atoms with Crippen LogP contribution in [0.5, 0.6) is 0 Å². The number of nitrogens with one attached hydrogen (secondary N) is 1. The second kappa shape index (κ2) is 6.89. The molecule has 5 heteroatoms. The van der Waals surface area contributed by atoms with Crippen LogP contribution >= 0.6 is 11.3 Å². The van der Waals surface area contributed by atoms with Crippen molar-refractivity contribution >= 4 is 17.2 Å². The monoisotopic (exact) mass is 332 g/mol. The summed E-state index contributed by atoms with van der Waals surface area (Å²) in [5.74, 6) is 1.89. The van der Waals surface area contributed by atoms with Crippen LogP contribution in [0.2, 0.25) is 0 Å². The summed E-state index contributed by atoms with van der Waals surface area (Å²) in [7, 11) is 2.18. The van der Waals surface area contributed by atoms with Gasteiger partial charge in [-0.3, -0.25) is 9.69 Å². The van der Waals surface area contributed by atoms with Crippen LogP contribution in [0, 0.1) is 19.8 Å². The Morgan fingerprint density at radius 3 is 2.96 bits per heavy atom. The molecule has 2 aromatic rings. The number of nitrogens with zero attached hydrogens (tertiary/aromatic N) is 1. The van der Waals surface area contributed by atoms with E-state index >= 15 is 0 Å². The summed E-state index contributed by atoms with van der Waals surface area (Å²) >= 11 is 1.80. The van der Waals surface area contributed by atoms with Crippen LogP contribution in [0.15, 0.2) is 28.0 Å². The number of thiophene rings is 1. The molecule has 1 aliphatic rings. The first-order valence-corrected chi connectivity index (χ1v) is 9.03. The summed E-state index contributed by atoms with van der Waals surface area (Å²) in [6.07, 6.45) is 2.33. The summed E-state index contributed by atoms with van der Waals surface area (Å²) in [5.41, 5.74) is 0.652. The molecule has 1 saturated heterocycles. The molecule has 0 saturated carbocycles. The molecule has 0 aromatic carbocycles. The van der Waals surface area contributed by atoms with Gasteiger partial charge in [0.25, 0.3) is 5.91 Å². The molecule has 124 valence electrons. The molecule has 3 heterocycles. The smallest absolute Gasteiger partial charge is 0.254 e. The van der Waals surface area contributed by atoms with Crippen molar-refractivity contribution in [2.24, 2.45) is 5.92 Å². The Bertz CT molecular complexity index is 663. The van der Waals surface area contributed by atoms with Gasteiger partial charge in [0, 0.05) is 17.5 Å². The molecular weight excluding hydrogens is 308 g/mol. The van der Waals surface area contributed by atoms with E-state index in [0.717, 1.165) is 18.7 Å². The minimum Gasteiger partial charge on any atom is -0.466 e. The van der Waals surface area contributed by atoms with Gasteiger partial charge in [0.05, 0.1) is 5.56 Å².